The zero-order valence-corrected chi connectivity index (χ0v) is 11.5. The van der Waals surface area contributed by atoms with Gasteiger partial charge < -0.3 is 4.98 Å². The maximum absolute atomic E-state index is 14.0. The molecule has 21 heavy (non-hydrogen) atoms. The van der Waals surface area contributed by atoms with E-state index in [2.05, 4.69) is 15.1 Å². The molecule has 2 aromatic heterocycles. The lowest BCUT2D eigenvalue weighted by molar-refractivity contribution is 0.505. The third-order valence-corrected chi connectivity index (χ3v) is 3.94. The van der Waals surface area contributed by atoms with Crippen LogP contribution in [0, 0.1) is 24.5 Å². The number of nitrogens with zero attached hydrogens (tertiary/aromatic N) is 3. The van der Waals surface area contributed by atoms with E-state index in [0.717, 1.165) is 12.1 Å². The van der Waals surface area contributed by atoms with Gasteiger partial charge in [-0.25, -0.2) is 18.4 Å². The quantitative estimate of drug-likeness (QED) is 0.802. The van der Waals surface area contributed by atoms with Crippen LogP contribution in [-0.4, -0.2) is 19.7 Å². The summed E-state index contributed by atoms with van der Waals surface area (Å²) in [6.07, 6.45) is 4.11. The van der Waals surface area contributed by atoms with Gasteiger partial charge in [-0.2, -0.15) is 5.10 Å². The van der Waals surface area contributed by atoms with Crippen LogP contribution in [0.1, 0.15) is 18.4 Å². The van der Waals surface area contributed by atoms with Crippen molar-refractivity contribution in [2.45, 2.75) is 26.3 Å². The van der Waals surface area contributed by atoms with Crippen LogP contribution < -0.4 is 0 Å². The number of aryl methyl sites for hydroxylation is 1. The number of halogens is 2. The molecule has 0 amide bonds. The predicted molar refractivity (Wildman–Crippen MR) is 74.7 cm³/mol. The van der Waals surface area contributed by atoms with E-state index < -0.39 is 11.6 Å². The number of fused-ring (bicyclic) bond motifs is 1. The van der Waals surface area contributed by atoms with E-state index in [-0.39, 0.29) is 11.1 Å². The van der Waals surface area contributed by atoms with Gasteiger partial charge in [0.2, 0.25) is 0 Å². The molecule has 1 aromatic carbocycles. The Labute approximate surface area is 119 Å². The van der Waals surface area contributed by atoms with E-state index in [4.69, 9.17) is 0 Å². The lowest BCUT2D eigenvalue weighted by Gasteiger charge is -2.03. The molecular formula is C15H14F2N4. The van der Waals surface area contributed by atoms with Crippen molar-refractivity contribution in [3.63, 3.8) is 0 Å². The summed E-state index contributed by atoms with van der Waals surface area (Å²) in [7, 11) is 0. The molecule has 0 bridgehead atoms. The van der Waals surface area contributed by atoms with Gasteiger partial charge in [0.05, 0.1) is 11.8 Å². The van der Waals surface area contributed by atoms with Crippen LogP contribution in [0.2, 0.25) is 0 Å². The van der Waals surface area contributed by atoms with Crippen molar-refractivity contribution in [1.29, 1.82) is 0 Å². The summed E-state index contributed by atoms with van der Waals surface area (Å²) >= 11 is 0. The molecular weight excluding hydrogens is 274 g/mol. The molecule has 0 aliphatic heterocycles. The third kappa shape index (κ3) is 2.02. The molecule has 0 atom stereocenters. The van der Waals surface area contributed by atoms with E-state index >= 15 is 0 Å². The first kappa shape index (κ1) is 12.5. The van der Waals surface area contributed by atoms with Gasteiger partial charge in [-0.3, -0.25) is 0 Å². The molecule has 0 unspecified atom stereocenters. The Morgan fingerprint density at radius 3 is 2.86 bits per heavy atom. The number of hydrogen-bond donors (Lipinski definition) is 1. The average molecular weight is 288 g/mol. The number of aromatic nitrogens is 4. The summed E-state index contributed by atoms with van der Waals surface area (Å²) in [5.41, 5.74) is 1.86. The molecule has 4 nitrogen and oxygen atoms in total. The first-order chi connectivity index (χ1) is 10.1. The molecule has 1 fully saturated rings. The Morgan fingerprint density at radius 2 is 2.10 bits per heavy atom. The minimum Gasteiger partial charge on any atom is -0.335 e. The fraction of sp³-hybridized carbons (Fsp3) is 0.333. The van der Waals surface area contributed by atoms with Gasteiger partial charge in [-0.05, 0) is 37.3 Å². The second kappa shape index (κ2) is 4.38. The molecule has 0 radical (unpaired) electrons. The lowest BCUT2D eigenvalue weighted by Crippen LogP contribution is -2.02. The van der Waals surface area contributed by atoms with Crippen LogP contribution in [0.5, 0.6) is 0 Å². The van der Waals surface area contributed by atoms with Gasteiger partial charge >= 0.3 is 0 Å². The van der Waals surface area contributed by atoms with Gasteiger partial charge in [0, 0.05) is 6.54 Å². The maximum atomic E-state index is 14.0. The molecule has 0 spiro atoms. The first-order valence-corrected chi connectivity index (χ1v) is 7.00. The standard InChI is InChI=1S/C15H14F2N4/c1-8-2-5-10(13(17)12(8)16)14-19-11-6-18-21(15(11)20-14)7-9-3-4-9/h2,5-6,9H,3-4,7H2,1H3,(H,19,20). The summed E-state index contributed by atoms with van der Waals surface area (Å²) in [4.78, 5) is 7.41. The van der Waals surface area contributed by atoms with Crippen LogP contribution in [0.25, 0.3) is 22.6 Å². The molecule has 0 saturated heterocycles. The second-order valence-corrected chi connectivity index (χ2v) is 5.65. The number of rotatable bonds is 3. The van der Waals surface area contributed by atoms with Crippen molar-refractivity contribution in [3.05, 3.63) is 35.5 Å². The summed E-state index contributed by atoms with van der Waals surface area (Å²) in [6.45, 7) is 2.37. The number of H-pyrrole nitrogens is 1. The molecule has 1 aliphatic carbocycles. The highest BCUT2D eigenvalue weighted by Crippen LogP contribution is 2.32. The Kier molecular flexibility index (Phi) is 2.60. The molecule has 1 N–H and O–H groups in total. The first-order valence-electron chi connectivity index (χ1n) is 7.00. The Bertz CT molecular complexity index is 830. The van der Waals surface area contributed by atoms with E-state index in [1.54, 1.807) is 18.3 Å². The van der Waals surface area contributed by atoms with Crippen molar-refractivity contribution in [3.8, 4) is 11.4 Å². The van der Waals surface area contributed by atoms with Crippen molar-refractivity contribution in [1.82, 2.24) is 19.7 Å². The Hall–Kier alpha value is -2.24. The van der Waals surface area contributed by atoms with Crippen molar-refractivity contribution in [2.24, 2.45) is 5.92 Å². The van der Waals surface area contributed by atoms with Crippen molar-refractivity contribution >= 4 is 11.2 Å². The summed E-state index contributed by atoms with van der Waals surface area (Å²) < 4.78 is 29.6. The average Bonchev–Trinajstić information content (AvgIpc) is 3.06. The Balaban J connectivity index is 1.80. The molecule has 3 aromatic rings. The SMILES string of the molecule is Cc1ccc(-c2nc3c(cnn3CC3CC3)[nH]2)c(F)c1F. The van der Waals surface area contributed by atoms with Gasteiger partial charge in [0.1, 0.15) is 11.3 Å². The highest BCUT2D eigenvalue weighted by Gasteiger charge is 2.24. The normalized spacial score (nSPS) is 15.0. The number of hydrogen-bond acceptors (Lipinski definition) is 2. The molecule has 4 rings (SSSR count). The minimum absolute atomic E-state index is 0.146. The topological polar surface area (TPSA) is 46.5 Å². The van der Waals surface area contributed by atoms with Crippen LogP contribution in [0.4, 0.5) is 8.78 Å². The minimum atomic E-state index is -0.867. The zero-order chi connectivity index (χ0) is 14.6. The third-order valence-electron chi connectivity index (χ3n) is 3.94. The van der Waals surface area contributed by atoms with Gasteiger partial charge in [-0.1, -0.05) is 6.07 Å². The van der Waals surface area contributed by atoms with E-state index in [1.807, 2.05) is 4.68 Å². The highest BCUT2D eigenvalue weighted by atomic mass is 19.2. The molecule has 108 valence electrons. The lowest BCUT2D eigenvalue weighted by atomic mass is 10.1. The fourth-order valence-electron chi connectivity index (χ4n) is 2.48. The highest BCUT2D eigenvalue weighted by molar-refractivity contribution is 5.76. The smallest absolute Gasteiger partial charge is 0.176 e. The molecule has 2 heterocycles. The van der Waals surface area contributed by atoms with Gasteiger partial charge in [-0.15, -0.1) is 0 Å². The molecule has 1 aliphatic rings. The summed E-state index contributed by atoms with van der Waals surface area (Å²) in [6, 6.07) is 3.10. The van der Waals surface area contributed by atoms with Crippen LogP contribution in [-0.2, 0) is 6.54 Å². The van der Waals surface area contributed by atoms with Crippen molar-refractivity contribution in [2.75, 3.05) is 0 Å². The summed E-state index contributed by atoms with van der Waals surface area (Å²) in [5.74, 6) is -0.689. The van der Waals surface area contributed by atoms with Crippen LogP contribution in [0.3, 0.4) is 0 Å². The maximum Gasteiger partial charge on any atom is 0.176 e. The van der Waals surface area contributed by atoms with E-state index in [9.17, 15) is 8.78 Å². The number of benzene rings is 1. The summed E-state index contributed by atoms with van der Waals surface area (Å²) in [5, 5.41) is 4.28. The number of imidazole rings is 1. The van der Waals surface area contributed by atoms with Crippen LogP contribution >= 0.6 is 0 Å². The molecule has 6 heteroatoms. The predicted octanol–water partition coefficient (Wildman–Crippen LogP) is 3.42. The monoisotopic (exact) mass is 288 g/mol. The van der Waals surface area contributed by atoms with Crippen molar-refractivity contribution < 1.29 is 8.78 Å². The fourth-order valence-corrected chi connectivity index (χ4v) is 2.48. The molecule has 1 saturated carbocycles. The van der Waals surface area contributed by atoms with E-state index in [0.29, 0.717) is 17.4 Å². The van der Waals surface area contributed by atoms with Gasteiger partial charge in [0.25, 0.3) is 0 Å². The second-order valence-electron chi connectivity index (χ2n) is 5.65. The number of nitrogens with one attached hydrogen (secondary N) is 1. The van der Waals surface area contributed by atoms with Crippen LogP contribution in [0.15, 0.2) is 18.3 Å². The largest absolute Gasteiger partial charge is 0.335 e. The zero-order valence-electron chi connectivity index (χ0n) is 11.5. The Morgan fingerprint density at radius 1 is 1.29 bits per heavy atom. The van der Waals surface area contributed by atoms with E-state index in [1.165, 1.54) is 19.8 Å². The number of aromatic amines is 1. The van der Waals surface area contributed by atoms with Gasteiger partial charge in [0.15, 0.2) is 17.3 Å².